The second-order valence-electron chi connectivity index (χ2n) is 8.25. The van der Waals surface area contributed by atoms with Gasteiger partial charge in [-0.05, 0) is 17.7 Å². The van der Waals surface area contributed by atoms with E-state index in [1.807, 2.05) is 0 Å². The van der Waals surface area contributed by atoms with Gasteiger partial charge in [-0.15, -0.1) is 0 Å². The Bertz CT molecular complexity index is 794. The van der Waals surface area contributed by atoms with Gasteiger partial charge >= 0.3 is 0 Å². The van der Waals surface area contributed by atoms with Gasteiger partial charge in [-0.3, -0.25) is 0 Å². The van der Waals surface area contributed by atoms with Crippen molar-refractivity contribution >= 4 is 0 Å². The summed E-state index contributed by atoms with van der Waals surface area (Å²) < 4.78 is 27.5. The van der Waals surface area contributed by atoms with Gasteiger partial charge < -0.3 is 64.5 Å². The van der Waals surface area contributed by atoms with Gasteiger partial charge in [-0.2, -0.15) is 0 Å². The molecule has 0 bridgehead atoms. The first-order valence-electron chi connectivity index (χ1n) is 10.7. The molecule has 8 N–H and O–H groups in total. The third-order valence-electron chi connectivity index (χ3n) is 5.91. The van der Waals surface area contributed by atoms with E-state index in [2.05, 4.69) is 0 Å². The van der Waals surface area contributed by atoms with Crippen LogP contribution in [0, 0.1) is 0 Å². The lowest BCUT2D eigenvalue weighted by Crippen LogP contribution is -2.62. The van der Waals surface area contributed by atoms with Gasteiger partial charge in [0.05, 0.1) is 33.0 Å². The quantitative estimate of drug-likeness (QED) is 0.162. The molecule has 13 heteroatoms. The fourth-order valence-corrected chi connectivity index (χ4v) is 3.76. The molecular weight excluding hydrogens is 460 g/mol. The maximum atomic E-state index is 10.6. The molecule has 0 aliphatic carbocycles. The SMILES string of the molecule is COc1cc(C(O)CCO)ccc1OC1OC(CO)C(O)C(O)C1OC1OCC(O)(CO)C1O. The van der Waals surface area contributed by atoms with Gasteiger partial charge in [0.25, 0.3) is 0 Å². The number of aliphatic hydroxyl groups is 8. The Morgan fingerprint density at radius 1 is 1.09 bits per heavy atom. The van der Waals surface area contributed by atoms with E-state index in [-0.39, 0.29) is 24.5 Å². The lowest BCUT2D eigenvalue weighted by atomic mass is 9.98. The normalized spacial score (nSPS) is 36.9. The number of aliphatic hydroxyl groups excluding tert-OH is 7. The summed E-state index contributed by atoms with van der Waals surface area (Å²) in [6.07, 6.45) is -11.4. The summed E-state index contributed by atoms with van der Waals surface area (Å²) in [5.41, 5.74) is -1.53. The fraction of sp³-hybridized carbons (Fsp3) is 0.714. The second kappa shape index (κ2) is 11.4. The first-order chi connectivity index (χ1) is 16.2. The minimum absolute atomic E-state index is 0.0982. The first kappa shape index (κ1) is 27.0. The molecule has 194 valence electrons. The van der Waals surface area contributed by atoms with E-state index >= 15 is 0 Å². The van der Waals surface area contributed by atoms with Crippen LogP contribution in [-0.2, 0) is 14.2 Å². The van der Waals surface area contributed by atoms with Gasteiger partial charge in [0.2, 0.25) is 6.29 Å². The topological polar surface area (TPSA) is 208 Å². The van der Waals surface area contributed by atoms with Gasteiger partial charge in [-0.1, -0.05) is 6.07 Å². The fourth-order valence-electron chi connectivity index (χ4n) is 3.76. The number of hydrogen-bond donors (Lipinski definition) is 8. The zero-order valence-electron chi connectivity index (χ0n) is 18.5. The summed E-state index contributed by atoms with van der Waals surface area (Å²) >= 11 is 0. The number of ether oxygens (including phenoxy) is 5. The van der Waals surface area contributed by atoms with E-state index in [0.717, 1.165) is 0 Å². The van der Waals surface area contributed by atoms with Crippen molar-refractivity contribution in [2.24, 2.45) is 0 Å². The van der Waals surface area contributed by atoms with E-state index in [4.69, 9.17) is 28.8 Å². The lowest BCUT2D eigenvalue weighted by molar-refractivity contribution is -0.319. The summed E-state index contributed by atoms with van der Waals surface area (Å²) in [7, 11) is 1.35. The van der Waals surface area contributed by atoms with Crippen molar-refractivity contribution in [1.82, 2.24) is 0 Å². The Morgan fingerprint density at radius 3 is 2.41 bits per heavy atom. The molecule has 1 aromatic rings. The number of methoxy groups -OCH3 is 1. The lowest BCUT2D eigenvalue weighted by Gasteiger charge is -2.42. The minimum Gasteiger partial charge on any atom is -0.493 e. The maximum Gasteiger partial charge on any atom is 0.229 e. The predicted molar refractivity (Wildman–Crippen MR) is 111 cm³/mol. The van der Waals surface area contributed by atoms with Crippen LogP contribution in [0.25, 0.3) is 0 Å². The summed E-state index contributed by atoms with van der Waals surface area (Å²) in [5, 5.41) is 79.4. The molecule has 0 amide bonds. The molecule has 2 aliphatic rings. The van der Waals surface area contributed by atoms with Crippen LogP contribution in [0.15, 0.2) is 18.2 Å². The molecule has 0 saturated carbocycles. The molecule has 13 nitrogen and oxygen atoms in total. The summed E-state index contributed by atoms with van der Waals surface area (Å²) in [4.78, 5) is 0. The standard InChI is InChI=1S/C21H32O13/c1-30-13-6-10(11(25)4-5-22)2-3-12(13)32-19-17(16(27)15(26)14(7-23)33-19)34-20-18(28)21(29,8-24)9-31-20/h2-3,6,11,14-20,22-29H,4-5,7-9H2,1H3. The molecule has 1 aromatic carbocycles. The molecule has 0 aromatic heterocycles. The Hall–Kier alpha value is -1.62. The van der Waals surface area contributed by atoms with Crippen molar-refractivity contribution in [3.63, 3.8) is 0 Å². The highest BCUT2D eigenvalue weighted by molar-refractivity contribution is 5.43. The number of hydrogen-bond acceptors (Lipinski definition) is 13. The highest BCUT2D eigenvalue weighted by Gasteiger charge is 2.53. The molecule has 0 spiro atoms. The smallest absolute Gasteiger partial charge is 0.229 e. The molecule has 2 fully saturated rings. The van der Waals surface area contributed by atoms with Crippen molar-refractivity contribution in [2.45, 2.75) is 61.2 Å². The van der Waals surface area contributed by atoms with Crippen LogP contribution in [0.4, 0.5) is 0 Å². The predicted octanol–water partition coefficient (Wildman–Crippen LogP) is -3.25. The summed E-state index contributed by atoms with van der Waals surface area (Å²) in [6, 6.07) is 4.46. The van der Waals surface area contributed by atoms with E-state index in [0.29, 0.717) is 5.56 Å². The first-order valence-corrected chi connectivity index (χ1v) is 10.7. The summed E-state index contributed by atoms with van der Waals surface area (Å²) in [6.45, 7) is -2.13. The second-order valence-corrected chi connectivity index (χ2v) is 8.25. The highest BCUT2D eigenvalue weighted by Crippen LogP contribution is 2.36. The molecule has 3 rings (SSSR count). The van der Waals surface area contributed by atoms with Gasteiger partial charge in [0.1, 0.15) is 30.0 Å². The van der Waals surface area contributed by atoms with Crippen LogP contribution in [0.5, 0.6) is 11.5 Å². The Balaban J connectivity index is 1.84. The van der Waals surface area contributed by atoms with Gasteiger partial charge in [0, 0.05) is 13.0 Å². The third kappa shape index (κ3) is 5.45. The molecule has 9 unspecified atom stereocenters. The number of benzene rings is 1. The van der Waals surface area contributed by atoms with E-state index in [1.54, 1.807) is 0 Å². The largest absolute Gasteiger partial charge is 0.493 e. The van der Waals surface area contributed by atoms with Crippen molar-refractivity contribution < 1.29 is 64.5 Å². The van der Waals surface area contributed by atoms with Crippen LogP contribution in [0.3, 0.4) is 0 Å². The molecule has 0 radical (unpaired) electrons. The Labute approximate surface area is 195 Å². The molecule has 9 atom stereocenters. The van der Waals surface area contributed by atoms with Crippen LogP contribution in [0.1, 0.15) is 18.1 Å². The molecule has 2 aliphatic heterocycles. The highest BCUT2D eigenvalue weighted by atomic mass is 16.8. The zero-order valence-corrected chi connectivity index (χ0v) is 18.5. The van der Waals surface area contributed by atoms with Crippen molar-refractivity contribution in [1.29, 1.82) is 0 Å². The molecule has 2 heterocycles. The average Bonchev–Trinajstić information content (AvgIpc) is 3.12. The van der Waals surface area contributed by atoms with Gasteiger partial charge in [0.15, 0.2) is 23.9 Å². The Morgan fingerprint density at radius 2 is 1.82 bits per heavy atom. The van der Waals surface area contributed by atoms with Crippen LogP contribution >= 0.6 is 0 Å². The van der Waals surface area contributed by atoms with Gasteiger partial charge in [-0.25, -0.2) is 0 Å². The molecule has 34 heavy (non-hydrogen) atoms. The Kier molecular flexibility index (Phi) is 9.05. The van der Waals surface area contributed by atoms with E-state index < -0.39 is 74.6 Å². The van der Waals surface area contributed by atoms with Crippen molar-refractivity contribution in [3.05, 3.63) is 23.8 Å². The van der Waals surface area contributed by atoms with E-state index in [1.165, 1.54) is 25.3 Å². The maximum absolute atomic E-state index is 10.6. The number of rotatable bonds is 10. The molecule has 2 saturated heterocycles. The van der Waals surface area contributed by atoms with Crippen LogP contribution in [0.2, 0.25) is 0 Å². The monoisotopic (exact) mass is 492 g/mol. The van der Waals surface area contributed by atoms with Crippen LogP contribution < -0.4 is 9.47 Å². The summed E-state index contributed by atoms with van der Waals surface area (Å²) in [5.74, 6) is 0.269. The minimum atomic E-state index is -1.98. The average molecular weight is 492 g/mol. The zero-order chi connectivity index (χ0) is 25.0. The van der Waals surface area contributed by atoms with E-state index in [9.17, 15) is 35.7 Å². The van der Waals surface area contributed by atoms with Crippen molar-refractivity contribution in [2.75, 3.05) is 33.5 Å². The van der Waals surface area contributed by atoms with Crippen LogP contribution in [-0.4, -0.2) is 123 Å². The third-order valence-corrected chi connectivity index (χ3v) is 5.91. The van der Waals surface area contributed by atoms with Crippen molar-refractivity contribution in [3.8, 4) is 11.5 Å². The molecular formula is C21H32O13.